The van der Waals surface area contributed by atoms with Gasteiger partial charge in [-0.05, 0) is 35.4 Å². The molecule has 0 fully saturated rings. The van der Waals surface area contributed by atoms with E-state index >= 15 is 0 Å². The lowest BCUT2D eigenvalue weighted by molar-refractivity contribution is -0.682. The van der Waals surface area contributed by atoms with Gasteiger partial charge in [-0.3, -0.25) is 0 Å². The number of benzene rings is 3. The quantitative estimate of drug-likeness (QED) is 0.697. The number of hydrogen-bond acceptors (Lipinski definition) is 1. The fraction of sp³-hybridized carbons (Fsp3) is 0.143. The third-order valence-corrected chi connectivity index (χ3v) is 4.56. The Morgan fingerprint density at radius 3 is 2.08 bits per heavy atom. The Hall–Kier alpha value is -2.20. The summed E-state index contributed by atoms with van der Waals surface area (Å²) in [4.78, 5) is 0. The van der Waals surface area contributed by atoms with E-state index in [4.69, 9.17) is 11.6 Å². The molecule has 3 aromatic carbocycles. The highest BCUT2D eigenvalue weighted by molar-refractivity contribution is 6.30. The Balaban J connectivity index is 1.81. The van der Waals surface area contributed by atoms with Crippen LogP contribution in [0.1, 0.15) is 16.7 Å². The van der Waals surface area contributed by atoms with Crippen LogP contribution in [0.2, 0.25) is 5.02 Å². The van der Waals surface area contributed by atoms with Crippen molar-refractivity contribution >= 4 is 11.6 Å². The van der Waals surface area contributed by atoms with Crippen molar-refractivity contribution in [2.75, 3.05) is 6.54 Å². The lowest BCUT2D eigenvalue weighted by Gasteiger charge is -2.27. The van der Waals surface area contributed by atoms with Crippen LogP contribution in [0.3, 0.4) is 0 Å². The maximum atomic E-state index is 13.3. The molecule has 128 valence electrons. The molecular formula is C21H20ClFNO+. The first-order valence-corrected chi connectivity index (χ1v) is 8.56. The topological polar surface area (TPSA) is 36.8 Å². The van der Waals surface area contributed by atoms with Crippen LogP contribution in [0.5, 0.6) is 0 Å². The zero-order chi connectivity index (χ0) is 17.7. The summed E-state index contributed by atoms with van der Waals surface area (Å²) in [6, 6.07) is 23.2. The van der Waals surface area contributed by atoms with Crippen LogP contribution in [0.15, 0.2) is 78.9 Å². The monoisotopic (exact) mass is 356 g/mol. The highest BCUT2D eigenvalue weighted by Gasteiger charge is 2.33. The molecule has 0 aliphatic rings. The second kappa shape index (κ2) is 7.79. The van der Waals surface area contributed by atoms with Gasteiger partial charge in [0.25, 0.3) is 0 Å². The van der Waals surface area contributed by atoms with Gasteiger partial charge in [0.05, 0.1) is 0 Å². The van der Waals surface area contributed by atoms with Crippen LogP contribution in [-0.2, 0) is 12.1 Å². The predicted molar refractivity (Wildman–Crippen MR) is 97.8 cm³/mol. The number of halogens is 2. The first-order chi connectivity index (χ1) is 12.1. The minimum absolute atomic E-state index is 0.315. The second-order valence-electron chi connectivity index (χ2n) is 6.06. The van der Waals surface area contributed by atoms with Crippen molar-refractivity contribution in [3.63, 3.8) is 0 Å². The van der Waals surface area contributed by atoms with Crippen LogP contribution >= 0.6 is 11.6 Å². The number of nitrogens with two attached hydrogens (primary N) is 1. The maximum Gasteiger partial charge on any atom is 0.163 e. The van der Waals surface area contributed by atoms with E-state index in [-0.39, 0.29) is 5.82 Å². The molecule has 0 amide bonds. The van der Waals surface area contributed by atoms with Crippen molar-refractivity contribution in [1.29, 1.82) is 0 Å². The average Bonchev–Trinajstić information content (AvgIpc) is 2.64. The van der Waals surface area contributed by atoms with Gasteiger partial charge in [-0.1, -0.05) is 66.2 Å². The molecule has 4 heteroatoms. The molecule has 0 aliphatic heterocycles. The smallest absolute Gasteiger partial charge is 0.163 e. The van der Waals surface area contributed by atoms with Crippen molar-refractivity contribution < 1.29 is 14.8 Å². The average molecular weight is 357 g/mol. The van der Waals surface area contributed by atoms with Gasteiger partial charge in [0.15, 0.2) is 5.60 Å². The Labute approximate surface area is 151 Å². The molecule has 0 unspecified atom stereocenters. The molecule has 0 spiro atoms. The SMILES string of the molecule is O[C@@](C[NH2+]Cc1ccc(Cl)cc1)(c1ccccc1)c1ccc(F)cc1. The largest absolute Gasteiger partial charge is 0.375 e. The normalized spacial score (nSPS) is 13.4. The first-order valence-electron chi connectivity index (χ1n) is 8.18. The molecule has 0 aliphatic carbocycles. The predicted octanol–water partition coefficient (Wildman–Crippen LogP) is 3.48. The standard InChI is InChI=1S/C21H19ClFNO/c22-19-10-6-16(7-11-19)14-24-15-21(25,17-4-2-1-3-5-17)18-8-12-20(23)13-9-18/h1-13,24-25H,14-15H2/p+1/t21-/m0/s1. The molecule has 3 rings (SSSR count). The van der Waals surface area contributed by atoms with E-state index in [0.29, 0.717) is 23.7 Å². The molecule has 25 heavy (non-hydrogen) atoms. The fourth-order valence-corrected chi connectivity index (χ4v) is 3.04. The van der Waals surface area contributed by atoms with E-state index in [1.54, 1.807) is 12.1 Å². The van der Waals surface area contributed by atoms with Gasteiger partial charge in [-0.15, -0.1) is 0 Å². The highest BCUT2D eigenvalue weighted by atomic mass is 35.5. The molecule has 0 heterocycles. The van der Waals surface area contributed by atoms with Crippen LogP contribution in [0.4, 0.5) is 4.39 Å². The summed E-state index contributed by atoms with van der Waals surface area (Å²) in [6.07, 6.45) is 0. The van der Waals surface area contributed by atoms with Gasteiger partial charge in [0.2, 0.25) is 0 Å². The van der Waals surface area contributed by atoms with Crippen molar-refractivity contribution in [1.82, 2.24) is 0 Å². The van der Waals surface area contributed by atoms with Crippen LogP contribution in [0, 0.1) is 5.82 Å². The first kappa shape index (κ1) is 17.6. The van der Waals surface area contributed by atoms with Crippen molar-refractivity contribution in [3.8, 4) is 0 Å². The minimum Gasteiger partial charge on any atom is -0.375 e. The minimum atomic E-state index is -1.19. The Bertz CT molecular complexity index is 806. The number of hydrogen-bond donors (Lipinski definition) is 2. The summed E-state index contributed by atoms with van der Waals surface area (Å²) in [7, 11) is 0. The zero-order valence-electron chi connectivity index (χ0n) is 13.7. The van der Waals surface area contributed by atoms with Crippen LogP contribution in [0.25, 0.3) is 0 Å². The summed E-state index contributed by atoms with van der Waals surface area (Å²) >= 11 is 5.91. The van der Waals surface area contributed by atoms with Gasteiger partial charge in [0, 0.05) is 10.6 Å². The van der Waals surface area contributed by atoms with Crippen molar-refractivity contribution in [2.24, 2.45) is 0 Å². The van der Waals surface area contributed by atoms with Gasteiger partial charge in [0.1, 0.15) is 18.9 Å². The molecule has 0 saturated heterocycles. The molecule has 1 atom stereocenters. The molecule has 2 nitrogen and oxygen atoms in total. The highest BCUT2D eigenvalue weighted by Crippen LogP contribution is 2.28. The second-order valence-corrected chi connectivity index (χ2v) is 6.49. The van der Waals surface area contributed by atoms with Crippen LogP contribution < -0.4 is 5.32 Å². The molecule has 3 N–H and O–H groups in total. The zero-order valence-corrected chi connectivity index (χ0v) is 14.5. The van der Waals surface area contributed by atoms with Crippen molar-refractivity contribution in [3.05, 3.63) is 106 Å². The summed E-state index contributed by atoms with van der Waals surface area (Å²) in [5.41, 5.74) is 1.39. The Morgan fingerprint density at radius 2 is 1.44 bits per heavy atom. The molecule has 3 aromatic rings. The summed E-state index contributed by atoms with van der Waals surface area (Å²) in [5.74, 6) is -0.315. The number of quaternary nitrogens is 1. The van der Waals surface area contributed by atoms with E-state index in [0.717, 1.165) is 11.1 Å². The van der Waals surface area contributed by atoms with Crippen molar-refractivity contribution in [2.45, 2.75) is 12.1 Å². The third kappa shape index (κ3) is 4.26. The third-order valence-electron chi connectivity index (χ3n) is 4.31. The van der Waals surface area contributed by atoms with Gasteiger partial charge >= 0.3 is 0 Å². The van der Waals surface area contributed by atoms with E-state index < -0.39 is 5.60 Å². The maximum absolute atomic E-state index is 13.3. The van der Waals surface area contributed by atoms with Gasteiger partial charge in [-0.2, -0.15) is 0 Å². The van der Waals surface area contributed by atoms with E-state index in [1.165, 1.54) is 12.1 Å². The number of aliphatic hydroxyl groups is 1. The number of rotatable bonds is 6. The summed E-state index contributed by atoms with van der Waals surface area (Å²) < 4.78 is 13.3. The molecule has 0 aromatic heterocycles. The van der Waals surface area contributed by atoms with E-state index in [2.05, 4.69) is 0 Å². The lowest BCUT2D eigenvalue weighted by atomic mass is 9.86. The Kier molecular flexibility index (Phi) is 5.49. The molecule has 0 saturated carbocycles. The van der Waals surface area contributed by atoms with E-state index in [1.807, 2.05) is 59.9 Å². The Morgan fingerprint density at radius 1 is 0.840 bits per heavy atom. The fourth-order valence-electron chi connectivity index (χ4n) is 2.91. The molecule has 0 radical (unpaired) electrons. The summed E-state index contributed by atoms with van der Waals surface area (Å²) in [6.45, 7) is 1.14. The molecule has 0 bridgehead atoms. The van der Waals surface area contributed by atoms with E-state index in [9.17, 15) is 9.50 Å². The summed E-state index contributed by atoms with van der Waals surface area (Å²) in [5, 5.41) is 14.1. The molecular weight excluding hydrogens is 337 g/mol. The van der Waals surface area contributed by atoms with Gasteiger partial charge < -0.3 is 10.4 Å². The van der Waals surface area contributed by atoms with Gasteiger partial charge in [-0.25, -0.2) is 4.39 Å². The van der Waals surface area contributed by atoms with Crippen LogP contribution in [-0.4, -0.2) is 11.7 Å². The lowest BCUT2D eigenvalue weighted by Crippen LogP contribution is -2.86.